The fourth-order valence-electron chi connectivity index (χ4n) is 1.66. The Bertz CT molecular complexity index is 454. The van der Waals surface area contributed by atoms with Crippen molar-refractivity contribution in [2.75, 3.05) is 7.11 Å². The van der Waals surface area contributed by atoms with Gasteiger partial charge in [-0.3, -0.25) is 0 Å². The predicted octanol–water partition coefficient (Wildman–Crippen LogP) is 3.01. The lowest BCUT2D eigenvalue weighted by molar-refractivity contribution is 0.415. The number of ether oxygens (including phenoxy) is 1. The lowest BCUT2D eigenvalue weighted by atomic mass is 10.1. The highest BCUT2D eigenvalue weighted by atomic mass is 16.5. The van der Waals surface area contributed by atoms with Gasteiger partial charge in [-0.05, 0) is 48.9 Å². The maximum atomic E-state index is 5.13. The molecule has 78 valence electrons. The fourth-order valence-corrected chi connectivity index (χ4v) is 1.66. The molecule has 0 N–H and O–H groups in total. The van der Waals surface area contributed by atoms with Crippen LogP contribution in [0.15, 0.2) is 36.4 Å². The molecule has 2 rings (SSSR count). The molecular formula is C13H15NO. The van der Waals surface area contributed by atoms with Crippen molar-refractivity contribution >= 4 is 0 Å². The summed E-state index contributed by atoms with van der Waals surface area (Å²) in [5.74, 6) is 0.893. The minimum absolute atomic E-state index is 0.893. The van der Waals surface area contributed by atoms with Crippen molar-refractivity contribution in [2.24, 2.45) is 7.05 Å². The molecule has 1 aromatic carbocycles. The van der Waals surface area contributed by atoms with Gasteiger partial charge < -0.3 is 9.30 Å². The molecule has 0 saturated carbocycles. The normalized spacial score (nSPS) is 10.3. The average Bonchev–Trinajstić information content (AvgIpc) is 2.60. The molecule has 0 bridgehead atoms. The van der Waals surface area contributed by atoms with Crippen molar-refractivity contribution in [1.82, 2.24) is 4.57 Å². The zero-order chi connectivity index (χ0) is 10.8. The minimum atomic E-state index is 0.893. The molecule has 0 fully saturated rings. The van der Waals surface area contributed by atoms with E-state index in [1.54, 1.807) is 7.11 Å². The summed E-state index contributed by atoms with van der Waals surface area (Å²) in [5, 5.41) is 0. The second kappa shape index (κ2) is 3.81. The zero-order valence-electron chi connectivity index (χ0n) is 9.32. The van der Waals surface area contributed by atoms with E-state index in [4.69, 9.17) is 4.74 Å². The number of benzene rings is 1. The quantitative estimate of drug-likeness (QED) is 0.728. The Kier molecular flexibility index (Phi) is 2.50. The van der Waals surface area contributed by atoms with Gasteiger partial charge in [0.1, 0.15) is 5.75 Å². The summed E-state index contributed by atoms with van der Waals surface area (Å²) in [6, 6.07) is 12.4. The van der Waals surface area contributed by atoms with Crippen LogP contribution in [0.4, 0.5) is 0 Å². The summed E-state index contributed by atoms with van der Waals surface area (Å²) in [6.45, 7) is 2.10. The Morgan fingerprint density at radius 3 is 2.13 bits per heavy atom. The van der Waals surface area contributed by atoms with Gasteiger partial charge in [-0.25, -0.2) is 0 Å². The van der Waals surface area contributed by atoms with E-state index in [0.717, 1.165) is 5.75 Å². The van der Waals surface area contributed by atoms with E-state index in [9.17, 15) is 0 Å². The van der Waals surface area contributed by atoms with Crippen molar-refractivity contribution in [2.45, 2.75) is 6.92 Å². The molecule has 0 amide bonds. The van der Waals surface area contributed by atoms with Crippen LogP contribution in [-0.4, -0.2) is 11.7 Å². The molecule has 0 aliphatic carbocycles. The van der Waals surface area contributed by atoms with Crippen LogP contribution in [0.5, 0.6) is 5.75 Å². The third-order valence-corrected chi connectivity index (χ3v) is 2.76. The van der Waals surface area contributed by atoms with E-state index in [2.05, 4.69) is 42.8 Å². The molecule has 2 aromatic rings. The second-order valence-corrected chi connectivity index (χ2v) is 3.65. The number of hydrogen-bond acceptors (Lipinski definition) is 1. The van der Waals surface area contributed by atoms with E-state index in [1.807, 2.05) is 12.1 Å². The molecule has 0 spiro atoms. The van der Waals surface area contributed by atoms with Crippen LogP contribution >= 0.6 is 0 Å². The number of hydrogen-bond donors (Lipinski definition) is 0. The van der Waals surface area contributed by atoms with E-state index >= 15 is 0 Å². The molecule has 0 aliphatic heterocycles. The standard InChI is InChI=1S/C13H15NO/c1-10-4-9-13(14(10)2)11-5-7-12(15-3)8-6-11/h4-9H,1-3H3. The van der Waals surface area contributed by atoms with Gasteiger partial charge in [0, 0.05) is 18.4 Å². The number of nitrogens with zero attached hydrogens (tertiary/aromatic N) is 1. The van der Waals surface area contributed by atoms with Gasteiger partial charge in [0.25, 0.3) is 0 Å². The van der Waals surface area contributed by atoms with Crippen molar-refractivity contribution in [3.8, 4) is 17.0 Å². The van der Waals surface area contributed by atoms with Crippen molar-refractivity contribution in [1.29, 1.82) is 0 Å². The van der Waals surface area contributed by atoms with Gasteiger partial charge >= 0.3 is 0 Å². The largest absolute Gasteiger partial charge is 0.497 e. The monoisotopic (exact) mass is 201 g/mol. The highest BCUT2D eigenvalue weighted by Crippen LogP contribution is 2.23. The Hall–Kier alpha value is -1.70. The van der Waals surface area contributed by atoms with Crippen molar-refractivity contribution in [3.63, 3.8) is 0 Å². The first-order valence-corrected chi connectivity index (χ1v) is 4.99. The first-order valence-electron chi connectivity index (χ1n) is 4.99. The van der Waals surface area contributed by atoms with Gasteiger partial charge in [0.2, 0.25) is 0 Å². The van der Waals surface area contributed by atoms with Crippen LogP contribution < -0.4 is 4.74 Å². The molecule has 2 heteroatoms. The molecular weight excluding hydrogens is 186 g/mol. The van der Waals surface area contributed by atoms with Crippen LogP contribution in [0.25, 0.3) is 11.3 Å². The predicted molar refractivity (Wildman–Crippen MR) is 62.1 cm³/mol. The molecule has 0 atom stereocenters. The van der Waals surface area contributed by atoms with Gasteiger partial charge in [0.05, 0.1) is 7.11 Å². The van der Waals surface area contributed by atoms with Crippen LogP contribution in [0.3, 0.4) is 0 Å². The van der Waals surface area contributed by atoms with E-state index in [1.165, 1.54) is 17.0 Å². The topological polar surface area (TPSA) is 14.2 Å². The minimum Gasteiger partial charge on any atom is -0.497 e. The first kappa shape index (κ1) is 9.84. The SMILES string of the molecule is COc1ccc(-c2ccc(C)n2C)cc1. The zero-order valence-corrected chi connectivity index (χ0v) is 9.32. The molecule has 1 heterocycles. The molecule has 2 nitrogen and oxygen atoms in total. The Morgan fingerprint density at radius 1 is 1.00 bits per heavy atom. The Morgan fingerprint density at radius 2 is 1.67 bits per heavy atom. The molecule has 1 aromatic heterocycles. The third-order valence-electron chi connectivity index (χ3n) is 2.76. The molecule has 0 aliphatic rings. The van der Waals surface area contributed by atoms with Crippen molar-refractivity contribution in [3.05, 3.63) is 42.1 Å². The second-order valence-electron chi connectivity index (χ2n) is 3.65. The van der Waals surface area contributed by atoms with Gasteiger partial charge in [-0.2, -0.15) is 0 Å². The summed E-state index contributed by atoms with van der Waals surface area (Å²) in [4.78, 5) is 0. The average molecular weight is 201 g/mol. The molecule has 0 unspecified atom stereocenters. The summed E-state index contributed by atoms with van der Waals surface area (Å²) in [6.07, 6.45) is 0. The maximum Gasteiger partial charge on any atom is 0.118 e. The lowest BCUT2D eigenvalue weighted by Gasteiger charge is -2.06. The highest BCUT2D eigenvalue weighted by Gasteiger charge is 2.03. The third kappa shape index (κ3) is 1.75. The number of aryl methyl sites for hydroxylation is 1. The fraction of sp³-hybridized carbons (Fsp3) is 0.231. The molecule has 0 saturated heterocycles. The van der Waals surface area contributed by atoms with Gasteiger partial charge in [-0.1, -0.05) is 0 Å². The Labute approximate surface area is 90.1 Å². The van der Waals surface area contributed by atoms with Crippen molar-refractivity contribution < 1.29 is 4.74 Å². The van der Waals surface area contributed by atoms with Crippen LogP contribution in [0, 0.1) is 6.92 Å². The van der Waals surface area contributed by atoms with Gasteiger partial charge in [0.15, 0.2) is 0 Å². The van der Waals surface area contributed by atoms with Gasteiger partial charge in [-0.15, -0.1) is 0 Å². The molecule has 0 radical (unpaired) electrons. The van der Waals surface area contributed by atoms with E-state index in [0.29, 0.717) is 0 Å². The van der Waals surface area contributed by atoms with E-state index < -0.39 is 0 Å². The smallest absolute Gasteiger partial charge is 0.118 e. The van der Waals surface area contributed by atoms with Crippen LogP contribution in [-0.2, 0) is 7.05 Å². The highest BCUT2D eigenvalue weighted by molar-refractivity contribution is 5.61. The summed E-state index contributed by atoms with van der Waals surface area (Å²) in [7, 11) is 3.76. The molecule has 15 heavy (non-hydrogen) atoms. The van der Waals surface area contributed by atoms with E-state index in [-0.39, 0.29) is 0 Å². The maximum absolute atomic E-state index is 5.13. The summed E-state index contributed by atoms with van der Waals surface area (Å²) in [5.41, 5.74) is 3.71. The first-order chi connectivity index (χ1) is 7.22. The van der Waals surface area contributed by atoms with Crippen LogP contribution in [0.1, 0.15) is 5.69 Å². The lowest BCUT2D eigenvalue weighted by Crippen LogP contribution is -1.93. The summed E-state index contributed by atoms with van der Waals surface area (Å²) < 4.78 is 7.32. The summed E-state index contributed by atoms with van der Waals surface area (Å²) >= 11 is 0. The van der Waals surface area contributed by atoms with Crippen LogP contribution in [0.2, 0.25) is 0 Å². The Balaban J connectivity index is 2.41. The number of methoxy groups -OCH3 is 1. The number of aromatic nitrogens is 1. The number of rotatable bonds is 2.